The molecule has 6 fully saturated rings. The standard InChI is InChI=1S/C25H40O4.C21H36O4/c1-8-9-12-23(4)15-20(29-16-27-6)24(5)17(2)10-13-25(18(3)22(23)26)14-11-19(28-7)21(24)25;1-13-11-17(25-12-23-5)20(4)14(2)7-9-21(15(3)18(13)22)10-8-16(24-6)19(20)21/h17-21H,10-16H2,1-7H3;13-17,19H,7-12H2,1-6H3/t17-,18+,19-,20-,21?,23-,24+,25?;13-,14+,15-,16+,17+,19?,20-,21?/m10/s1. The fourth-order valence-corrected chi connectivity index (χ4v) is 14.1. The summed E-state index contributed by atoms with van der Waals surface area (Å²) in [5.74, 6) is 8.95. The van der Waals surface area contributed by atoms with Gasteiger partial charge in [-0.05, 0) is 106 Å². The van der Waals surface area contributed by atoms with Crippen LogP contribution in [0.25, 0.3) is 0 Å². The van der Waals surface area contributed by atoms with Crippen molar-refractivity contribution in [1.82, 2.24) is 0 Å². The van der Waals surface area contributed by atoms with E-state index in [1.54, 1.807) is 14.2 Å². The Bertz CT molecular complexity index is 1390. The van der Waals surface area contributed by atoms with Crippen LogP contribution >= 0.6 is 0 Å². The summed E-state index contributed by atoms with van der Waals surface area (Å²) in [7, 11) is 7.02. The number of hydrogen-bond donors (Lipinski definition) is 0. The first-order valence-corrected chi connectivity index (χ1v) is 21.3. The molecule has 0 aromatic carbocycles. The second kappa shape index (κ2) is 16.9. The van der Waals surface area contributed by atoms with Crippen LogP contribution in [-0.4, -0.2) is 78.0 Å². The number of ketones is 2. The summed E-state index contributed by atoms with van der Waals surface area (Å²) >= 11 is 0. The zero-order chi connectivity index (χ0) is 39.9. The molecule has 0 radical (unpaired) electrons. The molecule has 0 aromatic heterocycles. The van der Waals surface area contributed by atoms with Crippen LogP contribution in [0.15, 0.2) is 0 Å². The number of rotatable bonds is 9. The Morgan fingerprint density at radius 2 is 1.13 bits per heavy atom. The molecule has 4 bridgehead atoms. The van der Waals surface area contributed by atoms with Crippen molar-refractivity contribution in [2.75, 3.05) is 42.0 Å². The van der Waals surface area contributed by atoms with E-state index in [2.05, 4.69) is 67.2 Å². The van der Waals surface area contributed by atoms with Gasteiger partial charge in [-0.3, -0.25) is 9.59 Å². The molecule has 8 heteroatoms. The molecule has 0 amide bonds. The molecule has 8 nitrogen and oxygen atoms in total. The van der Waals surface area contributed by atoms with E-state index in [1.807, 2.05) is 21.1 Å². The first-order chi connectivity index (χ1) is 25.5. The molecule has 0 spiro atoms. The number of hydrogen-bond acceptors (Lipinski definition) is 8. The number of Topliss-reactive ketones (excluding diaryl/α,β-unsaturated/α-hetero) is 2. The van der Waals surface area contributed by atoms with Crippen molar-refractivity contribution in [3.05, 3.63) is 0 Å². The van der Waals surface area contributed by atoms with Crippen molar-refractivity contribution in [2.45, 2.75) is 157 Å². The smallest absolute Gasteiger partial charge is 0.146 e. The van der Waals surface area contributed by atoms with Crippen LogP contribution in [0, 0.1) is 80.3 Å². The molecule has 6 aliphatic rings. The average molecular weight is 757 g/mol. The highest BCUT2D eigenvalue weighted by Crippen LogP contribution is 2.70. The van der Waals surface area contributed by atoms with Crippen molar-refractivity contribution < 1.29 is 38.0 Å². The molecule has 308 valence electrons. The SMILES string of the molecule is CC#CC[C@]1(C)C[C@@H](OCOC)[C@@]2(C)C3[C@H](OC)CCC3(CC[C@H]2C)[C@@H](C)C1=O.COCO[C@@H]1C[C@H](C)C(=O)[C@H](C)C23CC[C@@H](C)[C@]1(C)C2[C@H](OC)CC3. The van der Waals surface area contributed by atoms with Gasteiger partial charge in [0.1, 0.15) is 25.2 Å². The fourth-order valence-electron chi connectivity index (χ4n) is 14.1. The molecular formula is C46H76O8. The number of carbonyl (C=O) groups excluding carboxylic acids is 2. The lowest BCUT2D eigenvalue weighted by Crippen LogP contribution is -2.62. The Morgan fingerprint density at radius 3 is 1.61 bits per heavy atom. The van der Waals surface area contributed by atoms with E-state index < -0.39 is 5.41 Å². The predicted octanol–water partition coefficient (Wildman–Crippen LogP) is 8.92. The van der Waals surface area contributed by atoms with Crippen LogP contribution in [0.2, 0.25) is 0 Å². The summed E-state index contributed by atoms with van der Waals surface area (Å²) in [4.78, 5) is 27.2. The monoisotopic (exact) mass is 757 g/mol. The largest absolute Gasteiger partial charge is 0.381 e. The van der Waals surface area contributed by atoms with Gasteiger partial charge in [0, 0.05) is 68.9 Å². The van der Waals surface area contributed by atoms with E-state index in [0.29, 0.717) is 54.9 Å². The van der Waals surface area contributed by atoms with Crippen LogP contribution in [0.3, 0.4) is 0 Å². The summed E-state index contributed by atoms with van der Waals surface area (Å²) in [6.45, 7) is 20.5. The summed E-state index contributed by atoms with van der Waals surface area (Å²) in [5.41, 5.74) is -0.485. The van der Waals surface area contributed by atoms with Gasteiger partial charge < -0.3 is 28.4 Å². The highest BCUT2D eigenvalue weighted by Gasteiger charge is 2.69. The normalized spacial score (nSPS) is 48.5. The summed E-state index contributed by atoms with van der Waals surface area (Å²) in [5, 5.41) is 0. The summed E-state index contributed by atoms with van der Waals surface area (Å²) in [6.07, 6.45) is 11.3. The van der Waals surface area contributed by atoms with Crippen LogP contribution in [0.5, 0.6) is 0 Å². The second-order valence-electron chi connectivity index (χ2n) is 19.5. The van der Waals surface area contributed by atoms with Crippen molar-refractivity contribution >= 4 is 11.6 Å². The highest BCUT2D eigenvalue weighted by molar-refractivity contribution is 5.88. The van der Waals surface area contributed by atoms with Gasteiger partial charge >= 0.3 is 0 Å². The molecule has 6 aliphatic carbocycles. The van der Waals surface area contributed by atoms with E-state index in [9.17, 15) is 9.59 Å². The molecule has 54 heavy (non-hydrogen) atoms. The summed E-state index contributed by atoms with van der Waals surface area (Å²) in [6, 6.07) is 0. The Labute approximate surface area is 328 Å². The highest BCUT2D eigenvalue weighted by atomic mass is 16.7. The first kappa shape index (κ1) is 43.8. The molecule has 6 rings (SSSR count). The minimum atomic E-state index is -0.498. The molecule has 6 saturated carbocycles. The van der Waals surface area contributed by atoms with Crippen molar-refractivity contribution in [3.63, 3.8) is 0 Å². The number of methoxy groups -OCH3 is 4. The van der Waals surface area contributed by atoms with Gasteiger partial charge in [-0.15, -0.1) is 11.8 Å². The number of carbonyl (C=O) groups is 2. The van der Waals surface area contributed by atoms with E-state index >= 15 is 0 Å². The molecule has 0 N–H and O–H groups in total. The van der Waals surface area contributed by atoms with Crippen LogP contribution in [-0.2, 0) is 38.0 Å². The van der Waals surface area contributed by atoms with Crippen molar-refractivity contribution in [1.29, 1.82) is 0 Å². The van der Waals surface area contributed by atoms with Gasteiger partial charge in [0.25, 0.3) is 0 Å². The van der Waals surface area contributed by atoms with Gasteiger partial charge in [-0.2, -0.15) is 0 Å². The van der Waals surface area contributed by atoms with E-state index in [4.69, 9.17) is 28.4 Å². The lowest BCUT2D eigenvalue weighted by Gasteiger charge is -2.62. The van der Waals surface area contributed by atoms with Gasteiger partial charge in [-0.25, -0.2) is 0 Å². The Hall–Kier alpha value is -1.34. The van der Waals surface area contributed by atoms with Gasteiger partial charge in [0.15, 0.2) is 0 Å². The van der Waals surface area contributed by atoms with Gasteiger partial charge in [0.2, 0.25) is 0 Å². The summed E-state index contributed by atoms with van der Waals surface area (Å²) < 4.78 is 35.3. The topological polar surface area (TPSA) is 89.5 Å². The minimum absolute atomic E-state index is 0.00494. The zero-order valence-corrected chi connectivity index (χ0v) is 36.3. The van der Waals surface area contributed by atoms with Gasteiger partial charge in [-0.1, -0.05) is 55.4 Å². The Kier molecular flexibility index (Phi) is 13.7. The first-order valence-electron chi connectivity index (χ1n) is 21.3. The minimum Gasteiger partial charge on any atom is -0.381 e. The maximum atomic E-state index is 14.0. The molecular weight excluding hydrogens is 680 g/mol. The quantitative estimate of drug-likeness (QED) is 0.170. The second-order valence-corrected chi connectivity index (χ2v) is 19.5. The maximum absolute atomic E-state index is 14.0. The molecule has 0 aromatic rings. The van der Waals surface area contributed by atoms with Gasteiger partial charge in [0.05, 0.1) is 24.4 Å². The van der Waals surface area contributed by atoms with E-state index in [1.165, 1.54) is 6.42 Å². The molecule has 4 unspecified atom stereocenters. The Balaban J connectivity index is 0.000000210. The van der Waals surface area contributed by atoms with E-state index in [0.717, 1.165) is 51.4 Å². The number of ether oxygens (including phenoxy) is 6. The lowest BCUT2D eigenvalue weighted by molar-refractivity contribution is -0.219. The molecule has 16 atom stereocenters. The lowest BCUT2D eigenvalue weighted by atomic mass is 9.44. The fraction of sp³-hybridized carbons (Fsp3) is 0.913. The third kappa shape index (κ3) is 6.89. The third-order valence-electron chi connectivity index (χ3n) is 17.6. The maximum Gasteiger partial charge on any atom is 0.146 e. The Morgan fingerprint density at radius 1 is 0.667 bits per heavy atom. The van der Waals surface area contributed by atoms with Crippen molar-refractivity contribution in [2.24, 2.45) is 68.5 Å². The average Bonchev–Trinajstić information content (AvgIpc) is 3.76. The van der Waals surface area contributed by atoms with E-state index in [-0.39, 0.29) is 70.6 Å². The molecule has 0 aliphatic heterocycles. The van der Waals surface area contributed by atoms with Crippen LogP contribution in [0.4, 0.5) is 0 Å². The van der Waals surface area contributed by atoms with Crippen LogP contribution in [0.1, 0.15) is 133 Å². The van der Waals surface area contributed by atoms with Crippen molar-refractivity contribution in [3.8, 4) is 11.8 Å². The molecule has 0 heterocycles. The molecule has 0 saturated heterocycles. The zero-order valence-electron chi connectivity index (χ0n) is 36.3. The predicted molar refractivity (Wildman–Crippen MR) is 211 cm³/mol. The third-order valence-corrected chi connectivity index (χ3v) is 17.6. The van der Waals surface area contributed by atoms with Crippen LogP contribution < -0.4 is 0 Å².